The molecule has 2 aliphatic rings. The van der Waals surface area contributed by atoms with Gasteiger partial charge in [0.1, 0.15) is 24.2 Å². The van der Waals surface area contributed by atoms with E-state index in [1.807, 2.05) is 29.8 Å². The quantitative estimate of drug-likeness (QED) is 0.215. The molecule has 1 aliphatic heterocycles. The van der Waals surface area contributed by atoms with Crippen molar-refractivity contribution in [3.8, 4) is 11.3 Å². The number of carbonyl (C=O) groups is 2. The number of carbonyl (C=O) groups excluding carboxylic acids is 1. The van der Waals surface area contributed by atoms with E-state index >= 15 is 4.39 Å². The number of nitrogens with one attached hydrogen (secondary N) is 1. The molecule has 226 valence electrons. The van der Waals surface area contributed by atoms with E-state index in [0.29, 0.717) is 51.8 Å². The van der Waals surface area contributed by atoms with E-state index in [-0.39, 0.29) is 25.0 Å². The van der Waals surface area contributed by atoms with Gasteiger partial charge in [-0.3, -0.25) is 9.59 Å². The van der Waals surface area contributed by atoms with E-state index in [0.717, 1.165) is 35.4 Å². The molecule has 12 heteroatoms. The normalized spacial score (nSPS) is 18.7. The number of hydrogen-bond acceptors (Lipinski definition) is 6. The average Bonchev–Trinajstić information content (AvgIpc) is 3.67. The zero-order chi connectivity index (χ0) is 30.2. The van der Waals surface area contributed by atoms with Gasteiger partial charge in [0.2, 0.25) is 0 Å². The highest BCUT2D eigenvalue weighted by molar-refractivity contribution is 6.39. The van der Waals surface area contributed by atoms with Crippen LogP contribution in [0.4, 0.5) is 10.1 Å². The van der Waals surface area contributed by atoms with Crippen molar-refractivity contribution in [3.05, 3.63) is 69.5 Å². The van der Waals surface area contributed by atoms with E-state index in [4.69, 9.17) is 37.6 Å². The Labute approximate surface area is 257 Å². The van der Waals surface area contributed by atoms with Crippen LogP contribution in [-0.2, 0) is 23.2 Å². The van der Waals surface area contributed by atoms with Gasteiger partial charge in [-0.2, -0.15) is 0 Å². The first-order valence-corrected chi connectivity index (χ1v) is 15.0. The van der Waals surface area contributed by atoms with Gasteiger partial charge in [0.05, 0.1) is 34.3 Å². The molecule has 6 rings (SSSR count). The van der Waals surface area contributed by atoms with Crippen LogP contribution in [-0.4, -0.2) is 59.1 Å². The number of nitrogens with zero attached hydrogens (tertiary/aromatic N) is 3. The van der Waals surface area contributed by atoms with Crippen molar-refractivity contribution in [2.45, 2.75) is 38.0 Å². The van der Waals surface area contributed by atoms with Gasteiger partial charge in [-0.15, -0.1) is 0 Å². The van der Waals surface area contributed by atoms with Gasteiger partial charge >= 0.3 is 5.97 Å². The van der Waals surface area contributed by atoms with E-state index < -0.39 is 24.6 Å². The van der Waals surface area contributed by atoms with Crippen LogP contribution in [0.3, 0.4) is 0 Å². The SMILES string of the molecule is Cn1cc(C(=O)NCC(=O)O)c2ccc(N3CCC(F)C(COCc4c(-c5c(Cl)cccc5Cl)noc4C4CC4)C3)cc21. The fourth-order valence-corrected chi connectivity index (χ4v) is 6.33. The standard InChI is InChI=1S/C31H31Cl2FN4O5/c1-37-14-21(31(41)35-12-27(39)40)20-8-7-19(11-26(20)37)38-10-9-25(34)18(13-38)15-42-16-22-29(36-43-30(22)17-5-6-17)28-23(32)3-2-4-24(28)33/h2-4,7-8,11,14,17-18,25H,5-6,9-10,12-13,15-16H2,1H3,(H,35,41)(H,39,40). The third-order valence-corrected chi connectivity index (χ3v) is 8.80. The van der Waals surface area contributed by atoms with Gasteiger partial charge in [0.15, 0.2) is 0 Å². The second-order valence-corrected chi connectivity index (χ2v) is 12.0. The van der Waals surface area contributed by atoms with Crippen LogP contribution in [0.1, 0.15) is 46.9 Å². The monoisotopic (exact) mass is 628 g/mol. The summed E-state index contributed by atoms with van der Waals surface area (Å²) in [6, 6.07) is 11.0. The number of halogens is 3. The summed E-state index contributed by atoms with van der Waals surface area (Å²) in [5.41, 5.74) is 4.10. The Bertz CT molecular complexity index is 1660. The number of benzene rings is 2. The molecular formula is C31H31Cl2FN4O5. The summed E-state index contributed by atoms with van der Waals surface area (Å²) in [4.78, 5) is 25.5. The summed E-state index contributed by atoms with van der Waals surface area (Å²) in [5, 5.41) is 17.3. The minimum Gasteiger partial charge on any atom is -0.480 e. The molecule has 0 bridgehead atoms. The van der Waals surface area contributed by atoms with Crippen LogP contribution < -0.4 is 10.2 Å². The fourth-order valence-electron chi connectivity index (χ4n) is 5.76. The Morgan fingerprint density at radius 1 is 1.19 bits per heavy atom. The molecule has 2 unspecified atom stereocenters. The Morgan fingerprint density at radius 3 is 2.67 bits per heavy atom. The molecule has 2 aromatic carbocycles. The van der Waals surface area contributed by atoms with Gasteiger partial charge in [0, 0.05) is 60.4 Å². The zero-order valence-corrected chi connectivity index (χ0v) is 25.0. The second kappa shape index (κ2) is 12.2. The van der Waals surface area contributed by atoms with Crippen molar-refractivity contribution in [2.24, 2.45) is 13.0 Å². The van der Waals surface area contributed by atoms with Crippen LogP contribution in [0.15, 0.2) is 47.1 Å². The van der Waals surface area contributed by atoms with Crippen molar-refractivity contribution < 1.29 is 28.3 Å². The van der Waals surface area contributed by atoms with Crippen LogP contribution in [0.25, 0.3) is 22.2 Å². The van der Waals surface area contributed by atoms with Gasteiger partial charge in [-0.05, 0) is 49.6 Å². The molecule has 43 heavy (non-hydrogen) atoms. The lowest BCUT2D eigenvalue weighted by atomic mass is 9.96. The molecule has 3 heterocycles. The van der Waals surface area contributed by atoms with Crippen LogP contribution >= 0.6 is 23.2 Å². The first-order valence-electron chi connectivity index (χ1n) is 14.2. The summed E-state index contributed by atoms with van der Waals surface area (Å²) in [5.74, 6) is -0.849. The highest BCUT2D eigenvalue weighted by atomic mass is 35.5. The van der Waals surface area contributed by atoms with Gasteiger partial charge in [-0.25, -0.2) is 4.39 Å². The smallest absolute Gasteiger partial charge is 0.322 e. The van der Waals surface area contributed by atoms with Crippen molar-refractivity contribution >= 4 is 51.7 Å². The predicted octanol–water partition coefficient (Wildman–Crippen LogP) is 6.21. The summed E-state index contributed by atoms with van der Waals surface area (Å²) in [7, 11) is 1.83. The Balaban J connectivity index is 1.16. The third kappa shape index (κ3) is 6.09. The molecule has 2 fully saturated rings. The molecule has 1 saturated heterocycles. The number of rotatable bonds is 10. The molecule has 4 aromatic rings. The first-order chi connectivity index (χ1) is 20.7. The summed E-state index contributed by atoms with van der Waals surface area (Å²) in [6.45, 7) is 0.973. The molecular weight excluding hydrogens is 598 g/mol. The number of carboxylic acid groups (broad SMARTS) is 1. The maximum absolute atomic E-state index is 15.1. The number of carboxylic acids is 1. The number of anilines is 1. The van der Waals surface area contributed by atoms with Gasteiger partial charge in [-0.1, -0.05) is 34.4 Å². The predicted molar refractivity (Wildman–Crippen MR) is 162 cm³/mol. The third-order valence-electron chi connectivity index (χ3n) is 8.17. The van der Waals surface area contributed by atoms with Crippen molar-refractivity contribution in [1.29, 1.82) is 0 Å². The van der Waals surface area contributed by atoms with Crippen molar-refractivity contribution in [1.82, 2.24) is 15.0 Å². The van der Waals surface area contributed by atoms with Crippen LogP contribution in [0, 0.1) is 5.92 Å². The maximum Gasteiger partial charge on any atom is 0.322 e. The number of piperidine rings is 1. The number of hydrogen-bond donors (Lipinski definition) is 2. The number of aryl methyl sites for hydroxylation is 1. The van der Waals surface area contributed by atoms with Crippen molar-refractivity contribution in [3.63, 3.8) is 0 Å². The largest absolute Gasteiger partial charge is 0.480 e. The Hall–Kier alpha value is -3.60. The maximum atomic E-state index is 15.1. The van der Waals surface area contributed by atoms with E-state index in [1.165, 1.54) is 0 Å². The fraction of sp³-hybridized carbons (Fsp3) is 0.387. The lowest BCUT2D eigenvalue weighted by Crippen LogP contribution is -2.43. The molecule has 2 aromatic heterocycles. The molecule has 1 aliphatic carbocycles. The van der Waals surface area contributed by atoms with E-state index in [9.17, 15) is 9.59 Å². The zero-order valence-electron chi connectivity index (χ0n) is 23.5. The first kappa shape index (κ1) is 29.5. The lowest BCUT2D eigenvalue weighted by Gasteiger charge is -2.36. The number of alkyl halides is 1. The number of aliphatic carboxylic acids is 1. The Morgan fingerprint density at radius 2 is 1.95 bits per heavy atom. The number of amides is 1. The number of ether oxygens (including phenoxy) is 1. The molecule has 2 N–H and O–H groups in total. The van der Waals surface area contributed by atoms with Crippen LogP contribution in [0.5, 0.6) is 0 Å². The number of aromatic nitrogens is 2. The molecule has 9 nitrogen and oxygen atoms in total. The highest BCUT2D eigenvalue weighted by Gasteiger charge is 2.34. The average molecular weight is 630 g/mol. The highest BCUT2D eigenvalue weighted by Crippen LogP contribution is 2.46. The van der Waals surface area contributed by atoms with E-state index in [1.54, 1.807) is 24.4 Å². The summed E-state index contributed by atoms with van der Waals surface area (Å²) in [6.07, 6.45) is 3.07. The van der Waals surface area contributed by atoms with Gasteiger partial charge < -0.3 is 29.2 Å². The van der Waals surface area contributed by atoms with E-state index in [2.05, 4.69) is 15.4 Å². The molecule has 1 saturated carbocycles. The molecule has 0 radical (unpaired) electrons. The lowest BCUT2D eigenvalue weighted by molar-refractivity contribution is -0.135. The van der Waals surface area contributed by atoms with Crippen LogP contribution in [0.2, 0.25) is 10.0 Å². The Kier molecular flexibility index (Phi) is 8.35. The molecule has 1 amide bonds. The summed E-state index contributed by atoms with van der Waals surface area (Å²) >= 11 is 12.9. The number of fused-ring (bicyclic) bond motifs is 1. The summed E-state index contributed by atoms with van der Waals surface area (Å²) < 4.78 is 28.8. The molecule has 2 atom stereocenters. The minimum atomic E-state index is -1.11. The topological polar surface area (TPSA) is 110 Å². The molecule has 0 spiro atoms. The van der Waals surface area contributed by atoms with Crippen molar-refractivity contribution in [2.75, 3.05) is 31.1 Å². The van der Waals surface area contributed by atoms with Gasteiger partial charge in [0.25, 0.3) is 5.91 Å². The minimum absolute atomic E-state index is 0.206. The second-order valence-electron chi connectivity index (χ2n) is 11.2.